The van der Waals surface area contributed by atoms with E-state index in [4.69, 9.17) is 14.4 Å². The monoisotopic (exact) mass is 760 g/mol. The van der Waals surface area contributed by atoms with Crippen molar-refractivity contribution in [3.8, 4) is 50.7 Å². The van der Waals surface area contributed by atoms with E-state index in [1.807, 2.05) is 42.6 Å². The first-order valence-electron chi connectivity index (χ1n) is 20.2. The zero-order valence-electron chi connectivity index (χ0n) is 34.9. The van der Waals surface area contributed by atoms with Crippen LogP contribution >= 0.6 is 0 Å². The highest BCUT2D eigenvalue weighted by molar-refractivity contribution is 5.93. The van der Waals surface area contributed by atoms with Crippen LogP contribution in [0.2, 0.25) is 0 Å². The Morgan fingerprint density at radius 1 is 0.517 bits per heavy atom. The number of phenols is 1. The Kier molecular flexibility index (Phi) is 9.93. The van der Waals surface area contributed by atoms with Crippen molar-refractivity contribution < 1.29 is 9.52 Å². The molecule has 6 aromatic carbocycles. The van der Waals surface area contributed by atoms with Crippen molar-refractivity contribution in [2.45, 2.75) is 78.1 Å². The van der Waals surface area contributed by atoms with Gasteiger partial charge < -0.3 is 9.52 Å². The zero-order valence-corrected chi connectivity index (χ0v) is 34.9. The Morgan fingerprint density at radius 2 is 1.16 bits per heavy atom. The van der Waals surface area contributed by atoms with E-state index in [-0.39, 0.29) is 22.0 Å². The van der Waals surface area contributed by atoms with Crippen molar-refractivity contribution >= 4 is 11.1 Å². The van der Waals surface area contributed by atoms with E-state index in [9.17, 15) is 5.11 Å². The van der Waals surface area contributed by atoms with Crippen LogP contribution in [0.15, 0.2) is 156 Å². The fourth-order valence-electron chi connectivity index (χ4n) is 7.77. The lowest BCUT2D eigenvalue weighted by atomic mass is 9.78. The molecule has 0 radical (unpaired) electrons. The fraction of sp³-hybridized carbons (Fsp3) is 0.222. The average molecular weight is 761 g/mol. The number of benzene rings is 6. The van der Waals surface area contributed by atoms with E-state index >= 15 is 0 Å². The summed E-state index contributed by atoms with van der Waals surface area (Å²) < 4.78 is 6.52. The maximum atomic E-state index is 11.8. The van der Waals surface area contributed by atoms with Gasteiger partial charge in [-0.2, -0.15) is 0 Å². The van der Waals surface area contributed by atoms with E-state index in [1.165, 1.54) is 16.7 Å². The number of hydrogen-bond acceptors (Lipinski definition) is 4. The fourth-order valence-corrected chi connectivity index (χ4v) is 7.77. The molecule has 1 N–H and O–H groups in total. The van der Waals surface area contributed by atoms with Gasteiger partial charge in [0.05, 0.1) is 11.3 Å². The van der Waals surface area contributed by atoms with Gasteiger partial charge in [0.2, 0.25) is 5.89 Å². The smallest absolute Gasteiger partial charge is 0.231 e. The molecule has 8 rings (SSSR count). The quantitative estimate of drug-likeness (QED) is 0.168. The van der Waals surface area contributed by atoms with Crippen LogP contribution in [0.3, 0.4) is 0 Å². The van der Waals surface area contributed by atoms with Crippen LogP contribution in [0, 0.1) is 0 Å². The molecule has 0 aliphatic rings. The van der Waals surface area contributed by atoms with Crippen LogP contribution in [0.25, 0.3) is 56.1 Å². The summed E-state index contributed by atoms with van der Waals surface area (Å²) in [6.07, 6.45) is 2.51. The van der Waals surface area contributed by atoms with Gasteiger partial charge in [0.15, 0.2) is 5.58 Å². The summed E-state index contributed by atoms with van der Waals surface area (Å²) in [7, 11) is 0. The van der Waals surface area contributed by atoms with Gasteiger partial charge in [-0.25, -0.2) is 4.98 Å². The number of nitrogens with zero attached hydrogens (tertiary/aromatic N) is 2. The Morgan fingerprint density at radius 3 is 1.84 bits per heavy atom. The van der Waals surface area contributed by atoms with Crippen molar-refractivity contribution in [3.05, 3.63) is 185 Å². The topological polar surface area (TPSA) is 59.2 Å². The van der Waals surface area contributed by atoms with Gasteiger partial charge in [0, 0.05) is 29.2 Å². The van der Waals surface area contributed by atoms with Gasteiger partial charge in [-0.1, -0.05) is 165 Å². The minimum atomic E-state index is -0.150. The Labute approximate surface area is 343 Å². The number of hydrogen-bond donors (Lipinski definition) is 1. The lowest BCUT2D eigenvalue weighted by molar-refractivity contribution is 0.467. The number of para-hydroxylation sites is 1. The van der Waals surface area contributed by atoms with Gasteiger partial charge in [0.1, 0.15) is 11.3 Å². The summed E-state index contributed by atoms with van der Waals surface area (Å²) >= 11 is 0. The summed E-state index contributed by atoms with van der Waals surface area (Å²) in [5, 5.41) is 11.8. The van der Waals surface area contributed by atoms with E-state index in [0.717, 1.165) is 55.7 Å². The first kappa shape index (κ1) is 38.6. The van der Waals surface area contributed by atoms with Crippen LogP contribution in [-0.4, -0.2) is 15.1 Å². The maximum absolute atomic E-state index is 11.8. The first-order valence-corrected chi connectivity index (χ1v) is 20.2. The molecule has 0 aliphatic heterocycles. The van der Waals surface area contributed by atoms with Crippen LogP contribution in [0.5, 0.6) is 5.75 Å². The third-order valence-corrected chi connectivity index (χ3v) is 11.5. The molecule has 0 aliphatic carbocycles. The van der Waals surface area contributed by atoms with Crippen LogP contribution in [0.1, 0.15) is 88.8 Å². The van der Waals surface area contributed by atoms with Crippen LogP contribution < -0.4 is 0 Å². The average Bonchev–Trinajstić information content (AvgIpc) is 3.66. The van der Waals surface area contributed by atoms with Gasteiger partial charge in [-0.05, 0) is 97.3 Å². The predicted octanol–water partition coefficient (Wildman–Crippen LogP) is 14.1. The number of fused-ring (bicyclic) bond motifs is 1. The molecule has 2 aromatic heterocycles. The summed E-state index contributed by atoms with van der Waals surface area (Å²) in [5.41, 5.74) is 14.7. The molecule has 0 atom stereocenters. The zero-order chi connectivity index (χ0) is 40.8. The van der Waals surface area contributed by atoms with Crippen LogP contribution in [0.4, 0.5) is 0 Å². The molecule has 0 unspecified atom stereocenters. The number of aromatic nitrogens is 2. The Hall–Kier alpha value is -6.26. The van der Waals surface area contributed by atoms with Gasteiger partial charge in [-0.15, -0.1) is 0 Å². The highest BCUT2D eigenvalue weighted by Gasteiger charge is 2.25. The second-order valence-electron chi connectivity index (χ2n) is 18.2. The molecule has 290 valence electrons. The summed E-state index contributed by atoms with van der Waals surface area (Å²) in [6, 6.07) is 51.1. The number of rotatable bonds is 8. The third kappa shape index (κ3) is 7.72. The standard InChI is InChI=1S/C54H52N2O2/c1-52(2,3)43-30-38(29-39(31-43)47-33-37(26-27-55-47)36-22-24-42(25-23-36)54(7,8)41-18-13-10-14-19-41)45-20-15-21-48-49(45)56-51(58-48)46-34-44(53(4,5)6)32-40(50(46)57)28-35-16-11-9-12-17-35/h9-27,29-34,57H,28H2,1-8H3. The first-order chi connectivity index (χ1) is 27.6. The van der Waals surface area contributed by atoms with E-state index < -0.39 is 0 Å². The SMILES string of the molecule is CC(C)(C)c1cc(-c2cc(-c3ccc(C(C)(C)c4ccccc4)cc3)ccn2)cc(-c2cccc3oc(-c4cc(C(C)(C)C)cc(Cc5ccccc5)c4O)nc23)c1. The van der Waals surface area contributed by atoms with E-state index in [2.05, 4.69) is 165 Å². The summed E-state index contributed by atoms with van der Waals surface area (Å²) in [6.45, 7) is 17.8. The molecular weight excluding hydrogens is 709 g/mol. The van der Waals surface area contributed by atoms with Crippen molar-refractivity contribution in [1.82, 2.24) is 9.97 Å². The number of oxazole rings is 1. The normalized spacial score (nSPS) is 12.3. The van der Waals surface area contributed by atoms with Crippen molar-refractivity contribution in [3.63, 3.8) is 0 Å². The lowest BCUT2D eigenvalue weighted by Crippen LogP contribution is -2.18. The number of pyridine rings is 1. The molecule has 0 saturated heterocycles. The second-order valence-corrected chi connectivity index (χ2v) is 18.2. The van der Waals surface area contributed by atoms with E-state index in [0.29, 0.717) is 23.5 Å². The Bertz CT molecular complexity index is 2730. The van der Waals surface area contributed by atoms with Crippen molar-refractivity contribution in [2.24, 2.45) is 0 Å². The second kappa shape index (κ2) is 14.9. The molecule has 0 amide bonds. The molecule has 4 nitrogen and oxygen atoms in total. The highest BCUT2D eigenvalue weighted by Crippen LogP contribution is 2.42. The predicted molar refractivity (Wildman–Crippen MR) is 240 cm³/mol. The van der Waals surface area contributed by atoms with Gasteiger partial charge in [-0.3, -0.25) is 4.98 Å². The molecule has 0 fully saturated rings. The Balaban J connectivity index is 1.19. The number of aromatic hydroxyl groups is 1. The van der Waals surface area contributed by atoms with Crippen molar-refractivity contribution in [1.29, 1.82) is 0 Å². The molecule has 4 heteroatoms. The lowest BCUT2D eigenvalue weighted by Gasteiger charge is -2.26. The minimum absolute atomic E-state index is 0.109. The largest absolute Gasteiger partial charge is 0.507 e. The van der Waals surface area contributed by atoms with Gasteiger partial charge >= 0.3 is 0 Å². The highest BCUT2D eigenvalue weighted by atomic mass is 16.3. The maximum Gasteiger partial charge on any atom is 0.231 e. The number of phenolic OH excluding ortho intramolecular Hbond substituents is 1. The van der Waals surface area contributed by atoms with E-state index in [1.54, 1.807) is 0 Å². The van der Waals surface area contributed by atoms with Gasteiger partial charge in [0.25, 0.3) is 0 Å². The minimum Gasteiger partial charge on any atom is -0.507 e. The van der Waals surface area contributed by atoms with Crippen molar-refractivity contribution in [2.75, 3.05) is 0 Å². The third-order valence-electron chi connectivity index (χ3n) is 11.5. The molecular formula is C54H52N2O2. The molecule has 0 bridgehead atoms. The summed E-state index contributed by atoms with van der Waals surface area (Å²) in [5.74, 6) is 0.600. The molecule has 0 saturated carbocycles. The summed E-state index contributed by atoms with van der Waals surface area (Å²) in [4.78, 5) is 10.1. The molecule has 0 spiro atoms. The molecule has 2 heterocycles. The molecule has 58 heavy (non-hydrogen) atoms. The van der Waals surface area contributed by atoms with Crippen LogP contribution in [-0.2, 0) is 22.7 Å². The molecule has 8 aromatic rings.